The topological polar surface area (TPSA) is 12.9 Å². The fourth-order valence-electron chi connectivity index (χ4n) is 2.93. The number of nitrogens with zero attached hydrogens (tertiary/aromatic N) is 1. The second-order valence-corrected chi connectivity index (χ2v) is 5.46. The van der Waals surface area contributed by atoms with E-state index in [-0.39, 0.29) is 11.3 Å². The summed E-state index contributed by atoms with van der Waals surface area (Å²) in [5.74, 6) is -3.15. The lowest BCUT2D eigenvalue weighted by Crippen LogP contribution is -2.17. The second-order valence-electron chi connectivity index (χ2n) is 5.46. The highest BCUT2D eigenvalue weighted by Gasteiger charge is 2.37. The van der Waals surface area contributed by atoms with Crippen LogP contribution in [0.4, 0.5) is 8.78 Å². The lowest BCUT2D eigenvalue weighted by atomic mass is 9.97. The molecule has 0 aliphatic heterocycles. The summed E-state index contributed by atoms with van der Waals surface area (Å²) in [5.41, 5.74) is 0.336. The standard InChI is InChI=1S/C20H13F2N/c21-20(22,14-8-2-1-3-9-14)19-17-12-5-4-10-15(17)16-11-6-7-13-18(16)23-19/h1-13H. The number of rotatable bonds is 2. The number of benzene rings is 3. The second kappa shape index (κ2) is 5.13. The van der Waals surface area contributed by atoms with Crippen molar-refractivity contribution in [1.29, 1.82) is 0 Å². The average Bonchev–Trinajstić information content (AvgIpc) is 2.62. The zero-order valence-corrected chi connectivity index (χ0v) is 12.2. The Balaban J connectivity index is 2.10. The molecule has 4 aromatic rings. The summed E-state index contributed by atoms with van der Waals surface area (Å²) >= 11 is 0. The van der Waals surface area contributed by atoms with Gasteiger partial charge >= 0.3 is 5.92 Å². The number of halogens is 2. The van der Waals surface area contributed by atoms with E-state index in [0.29, 0.717) is 10.9 Å². The minimum atomic E-state index is -3.15. The highest BCUT2D eigenvalue weighted by Crippen LogP contribution is 2.39. The first kappa shape index (κ1) is 13.8. The zero-order valence-electron chi connectivity index (χ0n) is 12.2. The molecule has 112 valence electrons. The molecule has 1 nitrogen and oxygen atoms in total. The Kier molecular flexibility index (Phi) is 3.08. The van der Waals surface area contributed by atoms with Crippen molar-refractivity contribution in [3.05, 3.63) is 90.1 Å². The number of hydrogen-bond acceptors (Lipinski definition) is 1. The normalized spacial score (nSPS) is 11.9. The molecule has 3 heteroatoms. The van der Waals surface area contributed by atoms with Gasteiger partial charge in [-0.3, -0.25) is 0 Å². The maximum atomic E-state index is 15.1. The van der Waals surface area contributed by atoms with Crippen LogP contribution in [0.1, 0.15) is 11.3 Å². The Morgan fingerprint density at radius 2 is 1.17 bits per heavy atom. The molecule has 0 N–H and O–H groups in total. The largest absolute Gasteiger partial charge is 0.315 e. The van der Waals surface area contributed by atoms with Crippen molar-refractivity contribution in [2.24, 2.45) is 0 Å². The van der Waals surface area contributed by atoms with E-state index in [2.05, 4.69) is 4.98 Å². The van der Waals surface area contributed by atoms with Gasteiger partial charge in [-0.1, -0.05) is 72.8 Å². The summed E-state index contributed by atoms with van der Waals surface area (Å²) in [6, 6.07) is 22.4. The quantitative estimate of drug-likeness (QED) is 0.444. The SMILES string of the molecule is FC(F)(c1ccccc1)c1nc2ccccc2c2ccccc12. The predicted octanol–water partition coefficient (Wildman–Crippen LogP) is 5.53. The van der Waals surface area contributed by atoms with Crippen LogP contribution in [0.5, 0.6) is 0 Å². The van der Waals surface area contributed by atoms with Crippen molar-refractivity contribution >= 4 is 21.7 Å². The van der Waals surface area contributed by atoms with E-state index < -0.39 is 5.92 Å². The first-order chi connectivity index (χ1) is 11.2. The third kappa shape index (κ3) is 2.16. The maximum Gasteiger partial charge on any atom is 0.315 e. The molecule has 0 radical (unpaired) electrons. The molecule has 0 spiro atoms. The molecule has 0 aliphatic carbocycles. The molecule has 4 rings (SSSR count). The summed E-state index contributed by atoms with van der Waals surface area (Å²) in [6.07, 6.45) is 0. The fourth-order valence-corrected chi connectivity index (χ4v) is 2.93. The number of hydrogen-bond donors (Lipinski definition) is 0. The van der Waals surface area contributed by atoms with Crippen LogP contribution in [-0.4, -0.2) is 4.98 Å². The molecule has 0 aliphatic rings. The minimum absolute atomic E-state index is 0.0482. The van der Waals surface area contributed by atoms with Gasteiger partial charge in [-0.25, -0.2) is 4.98 Å². The van der Waals surface area contributed by atoms with Gasteiger partial charge in [0.2, 0.25) is 0 Å². The van der Waals surface area contributed by atoms with Gasteiger partial charge in [0.25, 0.3) is 0 Å². The van der Waals surface area contributed by atoms with E-state index in [9.17, 15) is 0 Å². The van der Waals surface area contributed by atoms with E-state index in [1.165, 1.54) is 12.1 Å². The van der Waals surface area contributed by atoms with Gasteiger partial charge in [0.1, 0.15) is 5.69 Å². The molecule has 0 saturated heterocycles. The first-order valence-electron chi connectivity index (χ1n) is 7.39. The van der Waals surface area contributed by atoms with Gasteiger partial charge in [0.15, 0.2) is 0 Å². The fraction of sp³-hybridized carbons (Fsp3) is 0.0500. The summed E-state index contributed by atoms with van der Waals surface area (Å²) in [5, 5.41) is 2.17. The zero-order chi connectivity index (χ0) is 15.9. The maximum absolute atomic E-state index is 15.1. The highest BCUT2D eigenvalue weighted by atomic mass is 19.3. The van der Waals surface area contributed by atoms with E-state index in [0.717, 1.165) is 10.8 Å². The molecule has 0 fully saturated rings. The Hall–Kier alpha value is -2.81. The summed E-state index contributed by atoms with van der Waals surface area (Å²) < 4.78 is 30.2. The minimum Gasteiger partial charge on any atom is -0.245 e. The smallest absolute Gasteiger partial charge is 0.245 e. The van der Waals surface area contributed by atoms with Crippen LogP contribution < -0.4 is 0 Å². The van der Waals surface area contributed by atoms with Crippen LogP contribution in [0.15, 0.2) is 78.9 Å². The van der Waals surface area contributed by atoms with Crippen LogP contribution in [0.25, 0.3) is 21.7 Å². The number of alkyl halides is 2. The van der Waals surface area contributed by atoms with Gasteiger partial charge in [-0.15, -0.1) is 0 Å². The molecular weight excluding hydrogens is 292 g/mol. The number of fused-ring (bicyclic) bond motifs is 3. The number of pyridine rings is 1. The monoisotopic (exact) mass is 305 g/mol. The molecule has 0 atom stereocenters. The van der Waals surface area contributed by atoms with E-state index in [4.69, 9.17) is 0 Å². The summed E-state index contributed by atoms with van der Waals surface area (Å²) in [4.78, 5) is 4.30. The van der Waals surface area contributed by atoms with Crippen molar-refractivity contribution in [1.82, 2.24) is 4.98 Å². The molecule has 23 heavy (non-hydrogen) atoms. The van der Waals surface area contributed by atoms with Crippen LogP contribution in [0.3, 0.4) is 0 Å². The van der Waals surface area contributed by atoms with Crippen LogP contribution >= 0.6 is 0 Å². The van der Waals surface area contributed by atoms with Crippen LogP contribution in [0, 0.1) is 0 Å². The van der Waals surface area contributed by atoms with Crippen molar-refractivity contribution in [2.75, 3.05) is 0 Å². The van der Waals surface area contributed by atoms with Crippen molar-refractivity contribution in [3.8, 4) is 0 Å². The van der Waals surface area contributed by atoms with Gasteiger partial charge < -0.3 is 0 Å². The number of aromatic nitrogens is 1. The Bertz CT molecular complexity index is 994. The van der Waals surface area contributed by atoms with Gasteiger partial charge in [0, 0.05) is 16.3 Å². The predicted molar refractivity (Wildman–Crippen MR) is 88.7 cm³/mol. The Morgan fingerprint density at radius 1 is 0.609 bits per heavy atom. The van der Waals surface area contributed by atoms with Gasteiger partial charge in [-0.2, -0.15) is 8.78 Å². The Labute approximate surface area is 132 Å². The van der Waals surface area contributed by atoms with Crippen molar-refractivity contribution in [2.45, 2.75) is 5.92 Å². The third-order valence-corrected chi connectivity index (χ3v) is 4.04. The van der Waals surface area contributed by atoms with Gasteiger partial charge in [-0.05, 0) is 11.5 Å². The van der Waals surface area contributed by atoms with Crippen LogP contribution in [0.2, 0.25) is 0 Å². The lowest BCUT2D eigenvalue weighted by Gasteiger charge is -2.19. The molecular formula is C20H13F2N. The molecule has 3 aromatic carbocycles. The molecule has 0 amide bonds. The van der Waals surface area contributed by atoms with Crippen molar-refractivity contribution < 1.29 is 8.78 Å². The first-order valence-corrected chi connectivity index (χ1v) is 7.39. The average molecular weight is 305 g/mol. The molecule has 1 heterocycles. The lowest BCUT2D eigenvalue weighted by molar-refractivity contribution is 0.0401. The molecule has 0 bridgehead atoms. The Morgan fingerprint density at radius 3 is 1.91 bits per heavy atom. The molecule has 0 unspecified atom stereocenters. The third-order valence-electron chi connectivity index (χ3n) is 4.04. The van der Waals surface area contributed by atoms with E-state index in [1.807, 2.05) is 30.3 Å². The van der Waals surface area contributed by atoms with E-state index in [1.54, 1.807) is 36.4 Å². The van der Waals surface area contributed by atoms with Crippen LogP contribution in [-0.2, 0) is 5.92 Å². The van der Waals surface area contributed by atoms with E-state index >= 15 is 8.78 Å². The molecule has 0 saturated carbocycles. The summed E-state index contributed by atoms with van der Waals surface area (Å²) in [6.45, 7) is 0. The van der Waals surface area contributed by atoms with Crippen molar-refractivity contribution in [3.63, 3.8) is 0 Å². The van der Waals surface area contributed by atoms with Gasteiger partial charge in [0.05, 0.1) is 5.52 Å². The number of para-hydroxylation sites is 1. The molecule has 1 aromatic heterocycles. The highest BCUT2D eigenvalue weighted by molar-refractivity contribution is 6.06. The summed E-state index contributed by atoms with van der Waals surface area (Å²) in [7, 11) is 0.